The van der Waals surface area contributed by atoms with E-state index in [0.717, 1.165) is 23.1 Å². The highest BCUT2D eigenvalue weighted by molar-refractivity contribution is 7.15. The Balaban J connectivity index is 1.81. The number of alkyl halides is 1. The molecule has 1 aliphatic rings. The number of nitrogens with one attached hydrogen (secondary N) is 1. The molecular weight excluding hydrogens is 230 g/mol. The minimum absolute atomic E-state index is 0.334. The number of nitrogens with zero attached hydrogens (tertiary/aromatic N) is 2. The summed E-state index contributed by atoms with van der Waals surface area (Å²) in [5.41, 5.74) is 0. The second-order valence-electron chi connectivity index (χ2n) is 4.07. The lowest BCUT2D eigenvalue weighted by molar-refractivity contribution is 0.380. The van der Waals surface area contributed by atoms with Gasteiger partial charge in [0.2, 0.25) is 5.13 Å². The summed E-state index contributed by atoms with van der Waals surface area (Å²) >= 11 is 7.88. The van der Waals surface area contributed by atoms with Crippen molar-refractivity contribution in [1.82, 2.24) is 10.2 Å². The van der Waals surface area contributed by atoms with Crippen molar-refractivity contribution in [3.8, 4) is 0 Å². The maximum absolute atomic E-state index is 6.28. The summed E-state index contributed by atoms with van der Waals surface area (Å²) in [5, 5.41) is 13.6. The Hall–Kier alpha value is -0.350. The standard InChI is InChI=1S/C10H16ClN3S/c1-7-13-14-10(15-7)12-6-8-4-2-3-5-9(8)11/h8-9H,2-6H2,1H3,(H,12,14). The molecule has 1 fully saturated rings. The van der Waals surface area contributed by atoms with Gasteiger partial charge in [-0.1, -0.05) is 24.2 Å². The third kappa shape index (κ3) is 3.05. The molecule has 0 aliphatic heterocycles. The molecule has 3 nitrogen and oxygen atoms in total. The maximum atomic E-state index is 6.28. The van der Waals surface area contributed by atoms with Crippen LogP contribution in [-0.4, -0.2) is 22.1 Å². The van der Waals surface area contributed by atoms with Gasteiger partial charge in [-0.3, -0.25) is 0 Å². The molecule has 15 heavy (non-hydrogen) atoms. The second-order valence-corrected chi connectivity index (χ2v) is 5.81. The van der Waals surface area contributed by atoms with Gasteiger partial charge in [-0.25, -0.2) is 0 Å². The molecule has 1 heterocycles. The molecule has 1 aromatic rings. The van der Waals surface area contributed by atoms with Crippen molar-refractivity contribution in [2.24, 2.45) is 5.92 Å². The zero-order valence-electron chi connectivity index (χ0n) is 8.87. The van der Waals surface area contributed by atoms with Crippen LogP contribution in [0.2, 0.25) is 0 Å². The third-order valence-electron chi connectivity index (χ3n) is 2.86. The average molecular weight is 246 g/mol. The molecule has 0 saturated heterocycles. The molecule has 2 rings (SSSR count). The van der Waals surface area contributed by atoms with E-state index in [4.69, 9.17) is 11.6 Å². The monoisotopic (exact) mass is 245 g/mol. The van der Waals surface area contributed by atoms with Crippen LogP contribution >= 0.6 is 22.9 Å². The van der Waals surface area contributed by atoms with Crippen LogP contribution in [0.4, 0.5) is 5.13 Å². The van der Waals surface area contributed by atoms with Crippen molar-refractivity contribution >= 4 is 28.1 Å². The SMILES string of the molecule is Cc1nnc(NCC2CCCCC2Cl)s1. The molecule has 1 aliphatic carbocycles. The summed E-state index contributed by atoms with van der Waals surface area (Å²) in [6, 6.07) is 0. The average Bonchev–Trinajstić information content (AvgIpc) is 2.63. The van der Waals surface area contributed by atoms with Crippen LogP contribution in [0.25, 0.3) is 0 Å². The number of aryl methyl sites for hydroxylation is 1. The van der Waals surface area contributed by atoms with Gasteiger partial charge in [0.05, 0.1) is 0 Å². The van der Waals surface area contributed by atoms with E-state index in [9.17, 15) is 0 Å². The number of anilines is 1. The minimum atomic E-state index is 0.334. The molecular formula is C10H16ClN3S. The summed E-state index contributed by atoms with van der Waals surface area (Å²) in [6.45, 7) is 2.90. The van der Waals surface area contributed by atoms with Gasteiger partial charge in [0, 0.05) is 11.9 Å². The maximum Gasteiger partial charge on any atom is 0.205 e. The number of rotatable bonds is 3. The molecule has 0 aromatic carbocycles. The smallest absolute Gasteiger partial charge is 0.205 e. The molecule has 0 radical (unpaired) electrons. The van der Waals surface area contributed by atoms with E-state index in [1.807, 2.05) is 6.92 Å². The van der Waals surface area contributed by atoms with Gasteiger partial charge in [0.25, 0.3) is 0 Å². The Morgan fingerprint density at radius 3 is 2.87 bits per heavy atom. The molecule has 84 valence electrons. The van der Waals surface area contributed by atoms with Crippen LogP contribution in [-0.2, 0) is 0 Å². The van der Waals surface area contributed by atoms with E-state index in [0.29, 0.717) is 11.3 Å². The lowest BCUT2D eigenvalue weighted by atomic mass is 9.89. The van der Waals surface area contributed by atoms with E-state index >= 15 is 0 Å². The first-order valence-corrected chi connectivity index (χ1v) is 6.69. The Morgan fingerprint density at radius 1 is 1.40 bits per heavy atom. The van der Waals surface area contributed by atoms with Gasteiger partial charge < -0.3 is 5.32 Å². The minimum Gasteiger partial charge on any atom is -0.360 e. The first-order chi connectivity index (χ1) is 7.25. The lowest BCUT2D eigenvalue weighted by Crippen LogP contribution is -2.26. The molecule has 5 heteroatoms. The van der Waals surface area contributed by atoms with Crippen molar-refractivity contribution in [3.63, 3.8) is 0 Å². The molecule has 1 saturated carbocycles. The van der Waals surface area contributed by atoms with Gasteiger partial charge in [-0.2, -0.15) is 0 Å². The van der Waals surface area contributed by atoms with Gasteiger partial charge in [-0.05, 0) is 25.7 Å². The quantitative estimate of drug-likeness (QED) is 0.832. The van der Waals surface area contributed by atoms with Crippen LogP contribution in [0.15, 0.2) is 0 Å². The van der Waals surface area contributed by atoms with Crippen LogP contribution in [0.3, 0.4) is 0 Å². The number of aromatic nitrogens is 2. The van der Waals surface area contributed by atoms with Crippen LogP contribution in [0.5, 0.6) is 0 Å². The molecule has 0 bridgehead atoms. The molecule has 0 spiro atoms. The fraction of sp³-hybridized carbons (Fsp3) is 0.800. The van der Waals surface area contributed by atoms with Crippen molar-refractivity contribution < 1.29 is 0 Å². The highest BCUT2D eigenvalue weighted by Gasteiger charge is 2.22. The summed E-state index contributed by atoms with van der Waals surface area (Å²) in [6.07, 6.45) is 4.98. The fourth-order valence-electron chi connectivity index (χ4n) is 1.98. The highest BCUT2D eigenvalue weighted by Crippen LogP contribution is 2.29. The normalized spacial score (nSPS) is 26.5. The number of hydrogen-bond acceptors (Lipinski definition) is 4. The zero-order chi connectivity index (χ0) is 10.7. The largest absolute Gasteiger partial charge is 0.360 e. The Morgan fingerprint density at radius 2 is 2.20 bits per heavy atom. The number of halogens is 1. The number of hydrogen-bond donors (Lipinski definition) is 1. The van der Waals surface area contributed by atoms with Gasteiger partial charge >= 0.3 is 0 Å². The Bertz CT molecular complexity index is 315. The van der Waals surface area contributed by atoms with Gasteiger partial charge in [-0.15, -0.1) is 21.8 Å². The van der Waals surface area contributed by atoms with E-state index in [-0.39, 0.29) is 0 Å². The van der Waals surface area contributed by atoms with Gasteiger partial charge in [0.1, 0.15) is 5.01 Å². The summed E-state index contributed by atoms with van der Waals surface area (Å²) in [4.78, 5) is 0. The molecule has 2 unspecified atom stereocenters. The second kappa shape index (κ2) is 5.12. The Kier molecular flexibility index (Phi) is 3.81. The van der Waals surface area contributed by atoms with Crippen molar-refractivity contribution in [1.29, 1.82) is 0 Å². The molecule has 1 N–H and O–H groups in total. The molecule has 1 aromatic heterocycles. The van der Waals surface area contributed by atoms with Crippen molar-refractivity contribution in [3.05, 3.63) is 5.01 Å². The molecule has 0 amide bonds. The summed E-state index contributed by atoms with van der Waals surface area (Å²) in [7, 11) is 0. The molecule has 2 atom stereocenters. The van der Waals surface area contributed by atoms with Crippen LogP contribution in [0, 0.1) is 12.8 Å². The van der Waals surface area contributed by atoms with E-state index < -0.39 is 0 Å². The Labute approximate surface area is 99.2 Å². The van der Waals surface area contributed by atoms with E-state index in [1.54, 1.807) is 11.3 Å². The first-order valence-electron chi connectivity index (χ1n) is 5.44. The lowest BCUT2D eigenvalue weighted by Gasteiger charge is -2.26. The van der Waals surface area contributed by atoms with E-state index in [2.05, 4.69) is 15.5 Å². The van der Waals surface area contributed by atoms with Crippen molar-refractivity contribution in [2.75, 3.05) is 11.9 Å². The van der Waals surface area contributed by atoms with Crippen molar-refractivity contribution in [2.45, 2.75) is 38.0 Å². The predicted molar refractivity (Wildman–Crippen MR) is 64.7 cm³/mol. The first kappa shape index (κ1) is 11.1. The third-order valence-corrected chi connectivity index (χ3v) is 4.23. The van der Waals surface area contributed by atoms with Gasteiger partial charge in [0.15, 0.2) is 0 Å². The zero-order valence-corrected chi connectivity index (χ0v) is 10.4. The van der Waals surface area contributed by atoms with Crippen LogP contribution < -0.4 is 5.32 Å². The van der Waals surface area contributed by atoms with Crippen LogP contribution in [0.1, 0.15) is 30.7 Å². The predicted octanol–water partition coefficient (Wildman–Crippen LogP) is 3.06. The highest BCUT2D eigenvalue weighted by atomic mass is 35.5. The summed E-state index contributed by atoms with van der Waals surface area (Å²) in [5.74, 6) is 0.588. The van der Waals surface area contributed by atoms with E-state index in [1.165, 1.54) is 19.3 Å². The topological polar surface area (TPSA) is 37.8 Å². The summed E-state index contributed by atoms with van der Waals surface area (Å²) < 4.78 is 0. The fourth-order valence-corrected chi connectivity index (χ4v) is 2.95.